The van der Waals surface area contributed by atoms with E-state index in [0.717, 1.165) is 53.2 Å². The average Bonchev–Trinajstić information content (AvgIpc) is 3.24. The summed E-state index contributed by atoms with van der Waals surface area (Å²) < 4.78 is 42.7. The van der Waals surface area contributed by atoms with E-state index >= 15 is 0 Å². The Morgan fingerprint density at radius 1 is 1.08 bits per heavy atom. The number of benzene rings is 1. The second kappa shape index (κ2) is 8.32. The molecule has 7 rings (SSSR count). The van der Waals surface area contributed by atoms with Gasteiger partial charge >= 0.3 is 6.18 Å². The van der Waals surface area contributed by atoms with Gasteiger partial charge in [-0.05, 0) is 79.2 Å². The fourth-order valence-corrected chi connectivity index (χ4v) is 7.38. The van der Waals surface area contributed by atoms with Crippen LogP contribution in [0.15, 0.2) is 36.5 Å². The number of hydrogen-bond acceptors (Lipinski definition) is 3. The highest BCUT2D eigenvalue weighted by atomic mass is 19.4. The van der Waals surface area contributed by atoms with Crippen LogP contribution >= 0.6 is 0 Å². The van der Waals surface area contributed by atoms with Gasteiger partial charge in [-0.15, -0.1) is 0 Å². The molecule has 3 aromatic rings. The molecule has 5 nitrogen and oxygen atoms in total. The first-order valence-corrected chi connectivity index (χ1v) is 12.9. The highest BCUT2D eigenvalue weighted by molar-refractivity contribution is 6.00. The number of fused-ring (bicyclic) bond motifs is 1. The van der Waals surface area contributed by atoms with Crippen LogP contribution < -0.4 is 5.32 Å². The van der Waals surface area contributed by atoms with Gasteiger partial charge in [0.05, 0.1) is 11.9 Å². The molecule has 0 saturated heterocycles. The Kier molecular flexibility index (Phi) is 5.43. The molecule has 4 bridgehead atoms. The number of alkyl halides is 3. The van der Waals surface area contributed by atoms with Crippen molar-refractivity contribution in [2.24, 2.45) is 23.2 Å². The highest BCUT2D eigenvalue weighted by Crippen LogP contribution is 2.59. The van der Waals surface area contributed by atoms with Gasteiger partial charge in [0.2, 0.25) is 0 Å². The molecular weight excluding hydrogens is 465 g/mol. The molecule has 0 radical (unpaired) electrons. The first-order valence-electron chi connectivity index (χ1n) is 12.9. The summed E-state index contributed by atoms with van der Waals surface area (Å²) in [6.07, 6.45) is 3.92. The first-order chi connectivity index (χ1) is 17.1. The molecule has 0 aliphatic heterocycles. The smallest absolute Gasteiger partial charge is 0.351 e. The van der Waals surface area contributed by atoms with Crippen LogP contribution in [0, 0.1) is 23.2 Å². The molecule has 36 heavy (non-hydrogen) atoms. The first kappa shape index (κ1) is 23.5. The Balaban J connectivity index is 1.32. The van der Waals surface area contributed by atoms with Gasteiger partial charge in [-0.1, -0.05) is 38.1 Å². The molecule has 1 amide bonds. The van der Waals surface area contributed by atoms with E-state index in [2.05, 4.69) is 29.2 Å². The third-order valence-electron chi connectivity index (χ3n) is 8.67. The van der Waals surface area contributed by atoms with Crippen LogP contribution in [0.5, 0.6) is 0 Å². The van der Waals surface area contributed by atoms with E-state index in [-0.39, 0.29) is 22.3 Å². The molecule has 4 fully saturated rings. The van der Waals surface area contributed by atoms with Gasteiger partial charge in [-0.3, -0.25) is 4.79 Å². The summed E-state index contributed by atoms with van der Waals surface area (Å²) in [5.41, 5.74) is 0.998. The van der Waals surface area contributed by atoms with Crippen molar-refractivity contribution in [3.8, 4) is 11.3 Å². The Morgan fingerprint density at radius 3 is 2.25 bits per heavy atom. The van der Waals surface area contributed by atoms with Gasteiger partial charge in [0.25, 0.3) is 5.91 Å². The van der Waals surface area contributed by atoms with Crippen LogP contribution in [0.1, 0.15) is 79.9 Å². The van der Waals surface area contributed by atoms with Gasteiger partial charge < -0.3 is 5.32 Å². The lowest BCUT2D eigenvalue weighted by molar-refractivity contribution is -0.142. The van der Waals surface area contributed by atoms with Crippen molar-refractivity contribution in [3.05, 3.63) is 53.3 Å². The zero-order valence-corrected chi connectivity index (χ0v) is 20.6. The minimum Gasteiger partial charge on any atom is -0.351 e. The van der Waals surface area contributed by atoms with Crippen molar-refractivity contribution in [2.75, 3.05) is 6.54 Å². The maximum Gasteiger partial charge on any atom is 0.433 e. The summed E-state index contributed by atoms with van der Waals surface area (Å²) in [7, 11) is 0. The van der Waals surface area contributed by atoms with Crippen LogP contribution in [-0.2, 0) is 6.18 Å². The molecular formula is C28H31F3N4O. The topological polar surface area (TPSA) is 59.3 Å². The van der Waals surface area contributed by atoms with Crippen molar-refractivity contribution in [1.29, 1.82) is 0 Å². The number of rotatable bonds is 5. The molecule has 0 unspecified atom stereocenters. The van der Waals surface area contributed by atoms with E-state index < -0.39 is 17.8 Å². The summed E-state index contributed by atoms with van der Waals surface area (Å²) in [5, 5.41) is 6.98. The van der Waals surface area contributed by atoms with Crippen molar-refractivity contribution in [3.63, 3.8) is 0 Å². The molecule has 0 spiro atoms. The molecule has 2 aromatic heterocycles. The monoisotopic (exact) mass is 496 g/mol. The molecule has 8 heteroatoms. The van der Waals surface area contributed by atoms with Gasteiger partial charge in [-0.2, -0.15) is 18.3 Å². The molecule has 0 atom stereocenters. The van der Waals surface area contributed by atoms with Crippen LogP contribution in [0.4, 0.5) is 13.2 Å². The van der Waals surface area contributed by atoms with Crippen molar-refractivity contribution < 1.29 is 18.0 Å². The van der Waals surface area contributed by atoms with Crippen molar-refractivity contribution >= 4 is 11.6 Å². The lowest BCUT2D eigenvalue weighted by Crippen LogP contribution is -2.51. The van der Waals surface area contributed by atoms with E-state index in [1.54, 1.807) is 12.1 Å². The highest BCUT2D eigenvalue weighted by Gasteiger charge is 2.50. The summed E-state index contributed by atoms with van der Waals surface area (Å²) in [6.45, 7) is 4.68. The predicted octanol–water partition coefficient (Wildman–Crippen LogP) is 6.48. The third kappa shape index (κ3) is 4.08. The van der Waals surface area contributed by atoms with E-state index in [9.17, 15) is 18.0 Å². The van der Waals surface area contributed by atoms with E-state index in [1.165, 1.54) is 25.5 Å². The number of halogens is 3. The van der Waals surface area contributed by atoms with Crippen LogP contribution in [0.2, 0.25) is 0 Å². The van der Waals surface area contributed by atoms with Gasteiger partial charge in [0.1, 0.15) is 5.56 Å². The van der Waals surface area contributed by atoms with E-state index in [1.807, 2.05) is 12.1 Å². The quantitative estimate of drug-likeness (QED) is 0.440. The van der Waals surface area contributed by atoms with Crippen LogP contribution in [0.25, 0.3) is 16.9 Å². The SMILES string of the molecule is CC(C)c1ccc(-c2cc(C(F)(F)F)n3ncc(C(=O)NCC45CC6CC(CC(C6)C4)C5)c3n2)cc1. The number of hydrogen-bond donors (Lipinski definition) is 1. The zero-order valence-electron chi connectivity index (χ0n) is 20.6. The summed E-state index contributed by atoms with van der Waals surface area (Å²) in [4.78, 5) is 17.7. The Hall–Kier alpha value is -2.90. The molecule has 2 heterocycles. The summed E-state index contributed by atoms with van der Waals surface area (Å²) in [5.74, 6) is 2.16. The number of nitrogens with zero attached hydrogens (tertiary/aromatic N) is 3. The van der Waals surface area contributed by atoms with Crippen LogP contribution in [-0.4, -0.2) is 27.0 Å². The number of carbonyl (C=O) groups excluding carboxylic acids is 1. The lowest BCUT2D eigenvalue weighted by Gasteiger charge is -2.56. The Bertz CT molecular complexity index is 1270. The third-order valence-corrected chi connectivity index (χ3v) is 8.67. The second-order valence-electron chi connectivity index (χ2n) is 11.7. The second-order valence-corrected chi connectivity index (χ2v) is 11.7. The van der Waals surface area contributed by atoms with Gasteiger partial charge in [0, 0.05) is 12.1 Å². The minimum atomic E-state index is -4.65. The van der Waals surface area contributed by atoms with Gasteiger partial charge in [0.15, 0.2) is 11.3 Å². The van der Waals surface area contributed by atoms with E-state index in [0.29, 0.717) is 18.0 Å². The Morgan fingerprint density at radius 2 is 1.69 bits per heavy atom. The maximum atomic E-state index is 14.0. The van der Waals surface area contributed by atoms with Crippen molar-refractivity contribution in [2.45, 2.75) is 64.5 Å². The van der Waals surface area contributed by atoms with Gasteiger partial charge in [-0.25, -0.2) is 9.50 Å². The number of nitrogens with one attached hydrogen (secondary N) is 1. The molecule has 4 saturated carbocycles. The van der Waals surface area contributed by atoms with Crippen molar-refractivity contribution in [1.82, 2.24) is 19.9 Å². The standard InChI is InChI=1S/C28H31F3N4O/c1-16(2)20-3-5-21(6-4-20)23-10-24(28(29,30)31)35-25(34-23)22(14-33-35)26(36)32-15-27-11-17-7-18(12-27)9-19(8-17)13-27/h3-6,10,14,16-19H,7-9,11-13,15H2,1-2H3,(H,32,36). The zero-order chi connectivity index (χ0) is 25.2. The summed E-state index contributed by atoms with van der Waals surface area (Å²) in [6, 6.07) is 8.35. The van der Waals surface area contributed by atoms with E-state index in [4.69, 9.17) is 0 Å². The van der Waals surface area contributed by atoms with Crippen LogP contribution in [0.3, 0.4) is 0 Å². The fraction of sp³-hybridized carbons (Fsp3) is 0.536. The predicted molar refractivity (Wildman–Crippen MR) is 130 cm³/mol. The molecule has 1 aromatic carbocycles. The number of amides is 1. The number of aromatic nitrogens is 3. The maximum absolute atomic E-state index is 14.0. The molecule has 190 valence electrons. The molecule has 4 aliphatic rings. The largest absolute Gasteiger partial charge is 0.433 e. The normalized spacial score (nSPS) is 27.2. The molecule has 4 aliphatic carbocycles. The minimum absolute atomic E-state index is 0.0734. The fourth-order valence-electron chi connectivity index (χ4n) is 7.38. The number of carbonyl (C=O) groups is 1. The Labute approximate surface area is 208 Å². The lowest BCUT2D eigenvalue weighted by atomic mass is 9.49. The summed E-state index contributed by atoms with van der Waals surface area (Å²) >= 11 is 0. The molecule has 1 N–H and O–H groups in total. The average molecular weight is 497 g/mol.